The minimum absolute atomic E-state index is 0.0190. The molecule has 3 aromatic rings. The highest BCUT2D eigenvalue weighted by Crippen LogP contribution is 2.25. The van der Waals surface area contributed by atoms with Crippen LogP contribution in [0.5, 0.6) is 0 Å². The molecule has 1 saturated heterocycles. The molecular formula is C28H28N2O3. The van der Waals surface area contributed by atoms with Crippen LogP contribution in [0.1, 0.15) is 65.5 Å². The molecule has 1 N–H and O–H groups in total. The number of nitrogens with zero attached hydrogens (tertiary/aromatic N) is 1. The molecule has 0 saturated carbocycles. The Balaban J connectivity index is 1.50. The van der Waals surface area contributed by atoms with E-state index in [-0.39, 0.29) is 23.0 Å². The molecule has 1 aliphatic heterocycles. The van der Waals surface area contributed by atoms with Crippen LogP contribution in [0, 0.1) is 0 Å². The summed E-state index contributed by atoms with van der Waals surface area (Å²) in [7, 11) is 0. The fourth-order valence-electron chi connectivity index (χ4n) is 3.97. The molecule has 5 nitrogen and oxygen atoms in total. The van der Waals surface area contributed by atoms with Gasteiger partial charge in [-0.3, -0.25) is 14.4 Å². The van der Waals surface area contributed by atoms with Crippen LogP contribution in [0.2, 0.25) is 0 Å². The summed E-state index contributed by atoms with van der Waals surface area (Å²) in [5.41, 5.74) is 4.03. The van der Waals surface area contributed by atoms with Crippen molar-refractivity contribution in [2.45, 2.75) is 39.0 Å². The number of carbonyl (C=O) groups is 3. The number of rotatable bonds is 5. The van der Waals surface area contributed by atoms with Crippen molar-refractivity contribution in [2.24, 2.45) is 0 Å². The highest BCUT2D eigenvalue weighted by Gasteiger charge is 2.22. The van der Waals surface area contributed by atoms with Crippen LogP contribution in [-0.2, 0) is 10.2 Å². The van der Waals surface area contributed by atoms with Gasteiger partial charge in [-0.2, -0.15) is 0 Å². The Morgan fingerprint density at radius 1 is 0.848 bits per heavy atom. The number of carbonyl (C=O) groups excluding carboxylic acids is 3. The van der Waals surface area contributed by atoms with Crippen LogP contribution in [0.4, 0.5) is 11.4 Å². The maximum absolute atomic E-state index is 13.0. The lowest BCUT2D eigenvalue weighted by molar-refractivity contribution is -0.117. The van der Waals surface area contributed by atoms with Crippen LogP contribution in [0.25, 0.3) is 0 Å². The van der Waals surface area contributed by atoms with Crippen molar-refractivity contribution in [2.75, 3.05) is 16.8 Å². The number of hydrogen-bond acceptors (Lipinski definition) is 3. The largest absolute Gasteiger partial charge is 0.322 e. The Kier molecular flexibility index (Phi) is 6.14. The summed E-state index contributed by atoms with van der Waals surface area (Å²) in [6, 6.07) is 21.7. The van der Waals surface area contributed by atoms with E-state index in [4.69, 9.17) is 0 Å². The van der Waals surface area contributed by atoms with Gasteiger partial charge in [0, 0.05) is 41.0 Å². The van der Waals surface area contributed by atoms with Crippen LogP contribution in [0.15, 0.2) is 72.8 Å². The quantitative estimate of drug-likeness (QED) is 0.526. The number of benzene rings is 3. The highest BCUT2D eigenvalue weighted by molar-refractivity contribution is 6.10. The van der Waals surface area contributed by atoms with Gasteiger partial charge in [-0.05, 0) is 47.7 Å². The predicted octanol–water partition coefficient (Wildman–Crippen LogP) is 5.59. The lowest BCUT2D eigenvalue weighted by Gasteiger charge is -2.19. The summed E-state index contributed by atoms with van der Waals surface area (Å²) in [5, 5.41) is 2.87. The summed E-state index contributed by atoms with van der Waals surface area (Å²) in [6.45, 7) is 7.07. The van der Waals surface area contributed by atoms with Crippen molar-refractivity contribution in [1.29, 1.82) is 0 Å². The lowest BCUT2D eigenvalue weighted by Crippen LogP contribution is -2.24. The molecule has 2 amide bonds. The summed E-state index contributed by atoms with van der Waals surface area (Å²) in [5.74, 6) is -0.307. The maximum atomic E-state index is 13.0. The molecule has 1 heterocycles. The molecule has 33 heavy (non-hydrogen) atoms. The van der Waals surface area contributed by atoms with Gasteiger partial charge in [0.2, 0.25) is 5.91 Å². The normalized spacial score (nSPS) is 13.8. The summed E-state index contributed by atoms with van der Waals surface area (Å²) in [6.07, 6.45) is 1.37. The lowest BCUT2D eigenvalue weighted by atomic mass is 9.86. The van der Waals surface area contributed by atoms with E-state index in [1.807, 2.05) is 30.3 Å². The van der Waals surface area contributed by atoms with E-state index in [9.17, 15) is 14.4 Å². The standard InChI is InChI=1S/C28H28N2O3/c1-28(2,3)22-14-12-19(13-15-22)26(32)20-7-4-9-23(17-20)29-27(33)21-8-5-10-24(18-21)30-16-6-11-25(30)31/h4-5,7-10,12-15,17-18H,6,11,16H2,1-3H3,(H,29,33). The van der Waals surface area contributed by atoms with Gasteiger partial charge in [-0.15, -0.1) is 0 Å². The molecule has 4 rings (SSSR count). The molecule has 1 fully saturated rings. The number of hydrogen-bond donors (Lipinski definition) is 1. The predicted molar refractivity (Wildman–Crippen MR) is 131 cm³/mol. The van der Waals surface area contributed by atoms with Crippen molar-refractivity contribution in [3.05, 3.63) is 95.1 Å². The molecule has 0 aliphatic carbocycles. The first-order valence-electron chi connectivity index (χ1n) is 11.2. The van der Waals surface area contributed by atoms with Gasteiger partial charge in [0.1, 0.15) is 0 Å². The Bertz CT molecular complexity index is 1210. The second-order valence-corrected chi connectivity index (χ2v) is 9.39. The highest BCUT2D eigenvalue weighted by atomic mass is 16.2. The topological polar surface area (TPSA) is 66.5 Å². The minimum atomic E-state index is -0.289. The fourth-order valence-corrected chi connectivity index (χ4v) is 3.97. The molecule has 168 valence electrons. The molecule has 0 aromatic heterocycles. The molecule has 0 atom stereocenters. The smallest absolute Gasteiger partial charge is 0.255 e. The molecule has 0 spiro atoms. The Hall–Kier alpha value is -3.73. The average Bonchev–Trinajstić information content (AvgIpc) is 3.24. The van der Waals surface area contributed by atoms with Gasteiger partial charge in [0.15, 0.2) is 5.78 Å². The SMILES string of the molecule is CC(C)(C)c1ccc(C(=O)c2cccc(NC(=O)c3cccc(N4CCCC4=O)c3)c2)cc1. The van der Waals surface area contributed by atoms with E-state index in [1.165, 1.54) is 0 Å². The van der Waals surface area contributed by atoms with Crippen LogP contribution in [-0.4, -0.2) is 24.1 Å². The summed E-state index contributed by atoms with van der Waals surface area (Å²) in [4.78, 5) is 39.6. The molecule has 5 heteroatoms. The van der Waals surface area contributed by atoms with E-state index in [0.29, 0.717) is 35.3 Å². The molecule has 0 unspecified atom stereocenters. The van der Waals surface area contributed by atoms with E-state index in [2.05, 4.69) is 26.1 Å². The number of nitrogens with one attached hydrogen (secondary N) is 1. The van der Waals surface area contributed by atoms with E-state index in [1.54, 1.807) is 47.4 Å². The van der Waals surface area contributed by atoms with Crippen molar-refractivity contribution < 1.29 is 14.4 Å². The van der Waals surface area contributed by atoms with Gasteiger partial charge in [0.05, 0.1) is 0 Å². The first-order chi connectivity index (χ1) is 15.7. The molecule has 0 bridgehead atoms. The number of amides is 2. The van der Waals surface area contributed by atoms with Gasteiger partial charge in [0.25, 0.3) is 5.91 Å². The zero-order chi connectivity index (χ0) is 23.6. The van der Waals surface area contributed by atoms with E-state index in [0.717, 1.165) is 17.7 Å². The van der Waals surface area contributed by atoms with Crippen molar-refractivity contribution >= 4 is 29.0 Å². The number of anilines is 2. The number of ketones is 1. The first-order valence-corrected chi connectivity index (χ1v) is 11.2. The second kappa shape index (κ2) is 9.02. The van der Waals surface area contributed by atoms with Crippen molar-refractivity contribution in [3.63, 3.8) is 0 Å². The molecule has 1 aliphatic rings. The third-order valence-corrected chi connectivity index (χ3v) is 5.89. The van der Waals surface area contributed by atoms with Crippen molar-refractivity contribution in [1.82, 2.24) is 0 Å². The van der Waals surface area contributed by atoms with Crippen LogP contribution >= 0.6 is 0 Å². The van der Waals surface area contributed by atoms with Gasteiger partial charge < -0.3 is 10.2 Å². The molecule has 0 radical (unpaired) electrons. The van der Waals surface area contributed by atoms with Gasteiger partial charge in [-0.25, -0.2) is 0 Å². The fraction of sp³-hybridized carbons (Fsp3) is 0.250. The maximum Gasteiger partial charge on any atom is 0.255 e. The van der Waals surface area contributed by atoms with Crippen molar-refractivity contribution in [3.8, 4) is 0 Å². The minimum Gasteiger partial charge on any atom is -0.322 e. The zero-order valence-electron chi connectivity index (χ0n) is 19.2. The first kappa shape index (κ1) is 22.5. The molecular weight excluding hydrogens is 412 g/mol. The third kappa shape index (κ3) is 5.03. The average molecular weight is 441 g/mol. The van der Waals surface area contributed by atoms with Crippen LogP contribution < -0.4 is 10.2 Å². The van der Waals surface area contributed by atoms with Gasteiger partial charge >= 0.3 is 0 Å². The Morgan fingerprint density at radius 3 is 2.21 bits per heavy atom. The van der Waals surface area contributed by atoms with Gasteiger partial charge in [-0.1, -0.05) is 63.2 Å². The zero-order valence-corrected chi connectivity index (χ0v) is 19.2. The third-order valence-electron chi connectivity index (χ3n) is 5.89. The summed E-state index contributed by atoms with van der Waals surface area (Å²) < 4.78 is 0. The monoisotopic (exact) mass is 440 g/mol. The molecule has 3 aromatic carbocycles. The summed E-state index contributed by atoms with van der Waals surface area (Å²) >= 11 is 0. The van der Waals surface area contributed by atoms with E-state index < -0.39 is 0 Å². The second-order valence-electron chi connectivity index (χ2n) is 9.39. The van der Waals surface area contributed by atoms with Crippen LogP contribution in [0.3, 0.4) is 0 Å². The van der Waals surface area contributed by atoms with E-state index >= 15 is 0 Å². The Labute approximate surface area is 194 Å². The Morgan fingerprint density at radius 2 is 1.55 bits per heavy atom.